The molecule has 1 fully saturated rings. The fraction of sp³-hybridized carbons (Fsp3) is 0.462. The summed E-state index contributed by atoms with van der Waals surface area (Å²) in [4.78, 5) is 12.0. The van der Waals surface area contributed by atoms with Crippen LogP contribution in [0, 0.1) is 0 Å². The summed E-state index contributed by atoms with van der Waals surface area (Å²) in [6.45, 7) is 2.20. The fourth-order valence-electron chi connectivity index (χ4n) is 3.04. The molecule has 2 aliphatic rings. The topological polar surface area (TPSA) is 20.3 Å². The number of fused-ring (bicyclic) bond motifs is 2. The monoisotopic (exact) mass is 327 g/mol. The van der Waals surface area contributed by atoms with Gasteiger partial charge in [0.05, 0.1) is 0 Å². The minimum absolute atomic E-state index is 0.162. The van der Waals surface area contributed by atoms with E-state index in [0.29, 0.717) is 5.78 Å². The Balaban J connectivity index is 2.02. The molecule has 1 aliphatic heterocycles. The predicted molar refractivity (Wildman–Crippen MR) is 71.9 cm³/mol. The zero-order valence-corrected chi connectivity index (χ0v) is 11.2. The summed E-state index contributed by atoms with van der Waals surface area (Å²) in [5.41, 5.74) is 2.45. The van der Waals surface area contributed by atoms with E-state index in [2.05, 4.69) is 38.1 Å². The number of rotatable bonds is 0. The lowest BCUT2D eigenvalue weighted by atomic mass is 9.74. The van der Waals surface area contributed by atoms with Crippen molar-refractivity contribution in [2.75, 3.05) is 13.1 Å². The van der Waals surface area contributed by atoms with Crippen LogP contribution in [-0.4, -0.2) is 22.0 Å². The van der Waals surface area contributed by atoms with Crippen LogP contribution in [0.2, 0.25) is 0 Å². The number of carbonyl (C=O) groups excluding carboxylic acids is 1. The van der Waals surface area contributed by atoms with Gasteiger partial charge in [0.2, 0.25) is 0 Å². The van der Waals surface area contributed by atoms with Gasteiger partial charge in [0.25, 0.3) is 0 Å². The van der Waals surface area contributed by atoms with E-state index in [0.717, 1.165) is 37.9 Å². The Bertz CT molecular complexity index is 435. The van der Waals surface area contributed by atoms with Gasteiger partial charge in [-0.3, -0.25) is 4.79 Å². The number of carbonyl (C=O) groups is 1. The van der Waals surface area contributed by atoms with Crippen molar-refractivity contribution < 1.29 is 4.79 Å². The standard InChI is InChI=1S/C13H14INO/c14-15-7-5-13(6-8-15)9-12(16)10-3-1-2-4-11(10)13/h1-4H,5-9H2. The number of hydrogen-bond acceptors (Lipinski definition) is 2. The van der Waals surface area contributed by atoms with Crippen molar-refractivity contribution in [1.82, 2.24) is 3.11 Å². The molecular weight excluding hydrogens is 313 g/mol. The molecule has 84 valence electrons. The Kier molecular flexibility index (Phi) is 2.55. The maximum Gasteiger partial charge on any atom is 0.164 e. The first kappa shape index (κ1) is 10.7. The first-order valence-electron chi connectivity index (χ1n) is 5.75. The van der Waals surface area contributed by atoms with Gasteiger partial charge in [-0.1, -0.05) is 24.3 Å². The normalized spacial score (nSPS) is 23.7. The third-order valence-electron chi connectivity index (χ3n) is 3.96. The van der Waals surface area contributed by atoms with Crippen LogP contribution < -0.4 is 0 Å². The Labute approximate surface area is 110 Å². The average molecular weight is 327 g/mol. The van der Waals surface area contributed by atoms with Gasteiger partial charge in [0.1, 0.15) is 0 Å². The van der Waals surface area contributed by atoms with Crippen molar-refractivity contribution in [3.8, 4) is 0 Å². The first-order chi connectivity index (χ1) is 7.71. The molecule has 0 aromatic heterocycles. The zero-order chi connectivity index (χ0) is 11.2. The lowest BCUT2D eigenvalue weighted by Crippen LogP contribution is -2.37. The summed E-state index contributed by atoms with van der Waals surface area (Å²) in [6.07, 6.45) is 2.98. The van der Waals surface area contributed by atoms with E-state index in [-0.39, 0.29) is 5.41 Å². The minimum atomic E-state index is 0.162. The van der Waals surface area contributed by atoms with Crippen LogP contribution in [0.4, 0.5) is 0 Å². The highest BCUT2D eigenvalue weighted by molar-refractivity contribution is 14.1. The van der Waals surface area contributed by atoms with E-state index in [9.17, 15) is 4.79 Å². The number of Topliss-reactive ketones (excluding diaryl/α,β-unsaturated/α-hetero) is 1. The smallest absolute Gasteiger partial charge is 0.164 e. The average Bonchev–Trinajstić information content (AvgIpc) is 2.58. The van der Waals surface area contributed by atoms with Gasteiger partial charge in [-0.15, -0.1) is 0 Å². The SMILES string of the molecule is O=C1CC2(CCN(I)CC2)c2ccccc21. The van der Waals surface area contributed by atoms with Crippen molar-refractivity contribution >= 4 is 28.6 Å². The number of piperidine rings is 1. The van der Waals surface area contributed by atoms with E-state index < -0.39 is 0 Å². The second-order valence-electron chi connectivity index (χ2n) is 4.84. The number of nitrogens with zero attached hydrogens (tertiary/aromatic N) is 1. The molecule has 0 unspecified atom stereocenters. The largest absolute Gasteiger partial charge is 0.294 e. The molecule has 0 bridgehead atoms. The van der Waals surface area contributed by atoms with Gasteiger partial charge < -0.3 is 0 Å². The Morgan fingerprint density at radius 2 is 1.88 bits per heavy atom. The molecular formula is C13H14INO. The van der Waals surface area contributed by atoms with E-state index in [1.165, 1.54) is 5.56 Å². The summed E-state index contributed by atoms with van der Waals surface area (Å²) < 4.78 is 2.33. The fourth-order valence-corrected chi connectivity index (χ4v) is 3.52. The maximum absolute atomic E-state index is 12.0. The third-order valence-corrected chi connectivity index (χ3v) is 4.93. The van der Waals surface area contributed by atoms with Crippen molar-refractivity contribution in [2.45, 2.75) is 24.7 Å². The van der Waals surface area contributed by atoms with E-state index in [4.69, 9.17) is 0 Å². The number of halogens is 1. The van der Waals surface area contributed by atoms with Gasteiger partial charge in [-0.2, -0.15) is 0 Å². The first-order valence-corrected chi connectivity index (χ1v) is 6.71. The number of hydrogen-bond donors (Lipinski definition) is 0. The highest BCUT2D eigenvalue weighted by atomic mass is 127. The van der Waals surface area contributed by atoms with Crippen LogP contribution in [0.25, 0.3) is 0 Å². The van der Waals surface area contributed by atoms with Gasteiger partial charge in [-0.25, -0.2) is 3.11 Å². The summed E-state index contributed by atoms with van der Waals surface area (Å²) in [5.74, 6) is 0.345. The van der Waals surface area contributed by atoms with Gasteiger partial charge in [0, 0.05) is 53.4 Å². The molecule has 0 saturated carbocycles. The lowest BCUT2D eigenvalue weighted by Gasteiger charge is -2.37. The molecule has 0 atom stereocenters. The molecule has 1 aliphatic carbocycles. The van der Waals surface area contributed by atoms with Crippen LogP contribution in [0.1, 0.15) is 35.2 Å². The Morgan fingerprint density at radius 3 is 2.62 bits per heavy atom. The van der Waals surface area contributed by atoms with Crippen molar-refractivity contribution in [3.05, 3.63) is 35.4 Å². The summed E-state index contributed by atoms with van der Waals surface area (Å²) in [6, 6.07) is 8.19. The summed E-state index contributed by atoms with van der Waals surface area (Å²) in [7, 11) is 0. The van der Waals surface area contributed by atoms with Crippen LogP contribution in [0.15, 0.2) is 24.3 Å². The molecule has 1 spiro atoms. The molecule has 1 aromatic rings. The van der Waals surface area contributed by atoms with Crippen molar-refractivity contribution in [2.24, 2.45) is 0 Å². The molecule has 0 radical (unpaired) electrons. The van der Waals surface area contributed by atoms with E-state index in [1.807, 2.05) is 12.1 Å². The van der Waals surface area contributed by atoms with Gasteiger partial charge in [-0.05, 0) is 18.4 Å². The highest BCUT2D eigenvalue weighted by Gasteiger charge is 2.44. The van der Waals surface area contributed by atoms with Crippen LogP contribution in [0.5, 0.6) is 0 Å². The Hall–Kier alpha value is -0.420. The molecule has 2 nitrogen and oxygen atoms in total. The van der Waals surface area contributed by atoms with Crippen molar-refractivity contribution in [3.63, 3.8) is 0 Å². The molecule has 3 rings (SSSR count). The second kappa shape index (κ2) is 3.81. The molecule has 0 amide bonds. The maximum atomic E-state index is 12.0. The van der Waals surface area contributed by atoms with Crippen molar-refractivity contribution in [1.29, 1.82) is 0 Å². The van der Waals surface area contributed by atoms with Gasteiger partial charge >= 0.3 is 0 Å². The molecule has 16 heavy (non-hydrogen) atoms. The molecule has 1 aromatic carbocycles. The van der Waals surface area contributed by atoms with Gasteiger partial charge in [0.15, 0.2) is 5.78 Å². The second-order valence-corrected chi connectivity index (χ2v) is 6.20. The van der Waals surface area contributed by atoms with E-state index in [1.54, 1.807) is 0 Å². The zero-order valence-electron chi connectivity index (χ0n) is 9.08. The van der Waals surface area contributed by atoms with Crippen LogP contribution >= 0.6 is 22.9 Å². The summed E-state index contributed by atoms with van der Waals surface area (Å²) in [5, 5.41) is 0. The van der Waals surface area contributed by atoms with Crippen LogP contribution in [0.3, 0.4) is 0 Å². The molecule has 0 N–H and O–H groups in total. The quantitative estimate of drug-likeness (QED) is 0.539. The third kappa shape index (κ3) is 1.52. The number of benzene rings is 1. The summed E-state index contributed by atoms with van der Waals surface area (Å²) >= 11 is 2.38. The number of ketones is 1. The predicted octanol–water partition coefficient (Wildman–Crippen LogP) is 2.96. The minimum Gasteiger partial charge on any atom is -0.294 e. The lowest BCUT2D eigenvalue weighted by molar-refractivity contribution is 0.0959. The highest BCUT2D eigenvalue weighted by Crippen LogP contribution is 2.46. The molecule has 1 saturated heterocycles. The van der Waals surface area contributed by atoms with E-state index >= 15 is 0 Å². The van der Waals surface area contributed by atoms with Crippen LogP contribution in [-0.2, 0) is 5.41 Å². The molecule has 3 heteroatoms. The Morgan fingerprint density at radius 1 is 1.19 bits per heavy atom. The molecule has 1 heterocycles.